The third kappa shape index (κ3) is 1.70. The van der Waals surface area contributed by atoms with Gasteiger partial charge in [-0.3, -0.25) is 4.99 Å². The normalized spacial score (nSPS) is 24.8. The Labute approximate surface area is 61.9 Å². The Morgan fingerprint density at radius 2 is 2.50 bits per heavy atom. The first kappa shape index (κ1) is 7.54. The van der Waals surface area contributed by atoms with Gasteiger partial charge in [0.1, 0.15) is 0 Å². The molecule has 0 saturated heterocycles. The zero-order valence-corrected chi connectivity index (χ0v) is 6.62. The van der Waals surface area contributed by atoms with Crippen LogP contribution >= 0.6 is 0 Å². The fraction of sp³-hybridized carbons (Fsp3) is 0.857. The Kier molecular flexibility index (Phi) is 2.27. The predicted molar refractivity (Wildman–Crippen MR) is 42.9 cm³/mol. The summed E-state index contributed by atoms with van der Waals surface area (Å²) in [6.45, 7) is 6.13. The van der Waals surface area contributed by atoms with Gasteiger partial charge in [0, 0.05) is 6.54 Å². The Morgan fingerprint density at radius 3 is 2.90 bits per heavy atom. The molecule has 0 aromatic heterocycles. The van der Waals surface area contributed by atoms with Crippen LogP contribution in [-0.4, -0.2) is 30.5 Å². The van der Waals surface area contributed by atoms with E-state index in [1.807, 2.05) is 6.34 Å². The monoisotopic (exact) mass is 141 g/mol. The summed E-state index contributed by atoms with van der Waals surface area (Å²) < 4.78 is 0. The molecule has 3 nitrogen and oxygen atoms in total. The molecule has 1 heterocycles. The van der Waals surface area contributed by atoms with E-state index >= 15 is 0 Å². The van der Waals surface area contributed by atoms with Crippen LogP contribution in [0.15, 0.2) is 4.99 Å². The lowest BCUT2D eigenvalue weighted by molar-refractivity contribution is 0.319. The van der Waals surface area contributed by atoms with E-state index in [1.165, 1.54) is 0 Å². The van der Waals surface area contributed by atoms with Gasteiger partial charge in [0.25, 0.3) is 0 Å². The lowest BCUT2D eigenvalue weighted by atomic mass is 10.2. The molecule has 1 rings (SSSR count). The van der Waals surface area contributed by atoms with Gasteiger partial charge in [-0.05, 0) is 5.92 Å². The summed E-state index contributed by atoms with van der Waals surface area (Å²) in [5, 5.41) is 0. The second-order valence-corrected chi connectivity index (χ2v) is 3.14. The van der Waals surface area contributed by atoms with Crippen molar-refractivity contribution in [2.75, 3.05) is 13.1 Å². The summed E-state index contributed by atoms with van der Waals surface area (Å²) >= 11 is 0. The maximum absolute atomic E-state index is 5.73. The fourth-order valence-corrected chi connectivity index (χ4v) is 1.05. The van der Waals surface area contributed by atoms with E-state index < -0.39 is 0 Å². The molecule has 0 bridgehead atoms. The molecule has 0 aromatic carbocycles. The van der Waals surface area contributed by atoms with Gasteiger partial charge in [0.2, 0.25) is 0 Å². The van der Waals surface area contributed by atoms with Crippen LogP contribution in [0.25, 0.3) is 0 Å². The highest BCUT2D eigenvalue weighted by molar-refractivity contribution is 5.57. The van der Waals surface area contributed by atoms with Crippen molar-refractivity contribution in [1.29, 1.82) is 0 Å². The third-order valence-electron chi connectivity index (χ3n) is 1.52. The summed E-state index contributed by atoms with van der Waals surface area (Å²) in [6.07, 6.45) is 1.98. The van der Waals surface area contributed by atoms with Crippen molar-refractivity contribution in [1.82, 2.24) is 4.90 Å². The lowest BCUT2D eigenvalue weighted by Gasteiger charge is -2.21. The number of aliphatic imine (C=N–C) groups is 1. The molecule has 0 radical (unpaired) electrons. The largest absolute Gasteiger partial charge is 0.345 e. The van der Waals surface area contributed by atoms with E-state index in [1.54, 1.807) is 0 Å². The molecule has 1 aliphatic rings. The molecule has 0 aromatic rings. The van der Waals surface area contributed by atoms with Crippen molar-refractivity contribution in [3.8, 4) is 0 Å². The molecule has 3 heteroatoms. The van der Waals surface area contributed by atoms with E-state index in [2.05, 4.69) is 23.7 Å². The molecule has 1 atom stereocenters. The highest BCUT2D eigenvalue weighted by Crippen LogP contribution is 2.03. The zero-order valence-electron chi connectivity index (χ0n) is 6.62. The van der Waals surface area contributed by atoms with E-state index in [0.717, 1.165) is 13.1 Å². The summed E-state index contributed by atoms with van der Waals surface area (Å²) in [4.78, 5) is 6.16. The van der Waals surface area contributed by atoms with Crippen molar-refractivity contribution in [2.24, 2.45) is 16.6 Å². The van der Waals surface area contributed by atoms with E-state index in [0.29, 0.717) is 5.92 Å². The topological polar surface area (TPSA) is 41.6 Å². The van der Waals surface area contributed by atoms with Gasteiger partial charge in [-0.2, -0.15) is 0 Å². The number of nitrogens with two attached hydrogens (primary N) is 1. The quantitative estimate of drug-likeness (QED) is 0.599. The molecular weight excluding hydrogens is 126 g/mol. The first-order chi connectivity index (χ1) is 4.70. The Bertz CT molecular complexity index is 131. The number of hydrogen-bond acceptors (Lipinski definition) is 3. The molecule has 0 saturated carbocycles. The van der Waals surface area contributed by atoms with Crippen molar-refractivity contribution < 1.29 is 0 Å². The highest BCUT2D eigenvalue weighted by atomic mass is 15.3. The second-order valence-electron chi connectivity index (χ2n) is 3.14. The fourth-order valence-electron chi connectivity index (χ4n) is 1.05. The first-order valence-corrected chi connectivity index (χ1v) is 3.71. The van der Waals surface area contributed by atoms with Crippen LogP contribution in [0.4, 0.5) is 0 Å². The Hall–Kier alpha value is -0.570. The first-order valence-electron chi connectivity index (χ1n) is 3.71. The molecule has 1 aliphatic heterocycles. The van der Waals surface area contributed by atoms with Crippen LogP contribution in [0.5, 0.6) is 0 Å². The van der Waals surface area contributed by atoms with Gasteiger partial charge < -0.3 is 10.6 Å². The van der Waals surface area contributed by atoms with E-state index in [-0.39, 0.29) is 6.17 Å². The van der Waals surface area contributed by atoms with Gasteiger partial charge in [0.15, 0.2) is 0 Å². The van der Waals surface area contributed by atoms with Crippen molar-refractivity contribution >= 4 is 6.34 Å². The highest BCUT2D eigenvalue weighted by Gasteiger charge is 2.15. The van der Waals surface area contributed by atoms with E-state index in [9.17, 15) is 0 Å². The van der Waals surface area contributed by atoms with Crippen LogP contribution in [0, 0.1) is 5.92 Å². The predicted octanol–water partition coefficient (Wildman–Crippen LogP) is 0.271. The van der Waals surface area contributed by atoms with Crippen LogP contribution < -0.4 is 5.73 Å². The van der Waals surface area contributed by atoms with E-state index in [4.69, 9.17) is 5.73 Å². The molecule has 58 valence electrons. The van der Waals surface area contributed by atoms with Crippen LogP contribution in [0.3, 0.4) is 0 Å². The van der Waals surface area contributed by atoms with Gasteiger partial charge in [-0.25, -0.2) is 0 Å². The van der Waals surface area contributed by atoms with Crippen molar-refractivity contribution in [3.05, 3.63) is 0 Å². The number of nitrogens with zero attached hydrogens (tertiary/aromatic N) is 2. The standard InChI is InChI=1S/C7H15N3/c1-6(2)4-10-5-9-3-7(10)8/h5-7H,3-4,8H2,1-2H3. The Balaban J connectivity index is 2.33. The lowest BCUT2D eigenvalue weighted by Crippen LogP contribution is -2.40. The van der Waals surface area contributed by atoms with Crippen LogP contribution in [-0.2, 0) is 0 Å². The SMILES string of the molecule is CC(C)CN1C=NCC1N. The third-order valence-corrected chi connectivity index (χ3v) is 1.52. The van der Waals surface area contributed by atoms with Crippen LogP contribution in [0.1, 0.15) is 13.8 Å². The summed E-state index contributed by atoms with van der Waals surface area (Å²) in [6, 6.07) is 0. The molecular formula is C7H15N3. The molecule has 1 unspecified atom stereocenters. The molecule has 2 N–H and O–H groups in total. The van der Waals surface area contributed by atoms with Gasteiger partial charge >= 0.3 is 0 Å². The molecule has 0 aliphatic carbocycles. The minimum absolute atomic E-state index is 0.127. The maximum Gasteiger partial charge on any atom is 0.0978 e. The summed E-state index contributed by atoms with van der Waals surface area (Å²) in [5.74, 6) is 0.663. The van der Waals surface area contributed by atoms with Gasteiger partial charge in [-0.15, -0.1) is 0 Å². The zero-order chi connectivity index (χ0) is 7.56. The smallest absolute Gasteiger partial charge is 0.0978 e. The molecule has 0 fully saturated rings. The Morgan fingerprint density at radius 1 is 1.80 bits per heavy atom. The number of rotatable bonds is 2. The molecule has 0 spiro atoms. The minimum Gasteiger partial charge on any atom is -0.345 e. The van der Waals surface area contributed by atoms with Gasteiger partial charge in [0.05, 0.1) is 19.0 Å². The second kappa shape index (κ2) is 3.01. The number of hydrogen-bond donors (Lipinski definition) is 1. The minimum atomic E-state index is 0.127. The summed E-state index contributed by atoms with van der Waals surface area (Å²) in [7, 11) is 0. The van der Waals surface area contributed by atoms with Crippen LogP contribution in [0.2, 0.25) is 0 Å². The van der Waals surface area contributed by atoms with Gasteiger partial charge in [-0.1, -0.05) is 13.8 Å². The van der Waals surface area contributed by atoms with Crippen molar-refractivity contribution in [2.45, 2.75) is 20.0 Å². The average Bonchev–Trinajstić information content (AvgIpc) is 2.15. The average molecular weight is 141 g/mol. The molecule has 0 amide bonds. The summed E-state index contributed by atoms with van der Waals surface area (Å²) in [5.41, 5.74) is 5.73. The maximum atomic E-state index is 5.73. The van der Waals surface area contributed by atoms with Crippen molar-refractivity contribution in [3.63, 3.8) is 0 Å². The molecule has 10 heavy (non-hydrogen) atoms.